The third-order valence-electron chi connectivity index (χ3n) is 4.65. The van der Waals surface area contributed by atoms with Crippen molar-refractivity contribution in [3.05, 3.63) is 94.9 Å². The topological polar surface area (TPSA) is 45.5 Å². The van der Waals surface area contributed by atoms with E-state index in [-0.39, 0.29) is 11.9 Å². The minimum Gasteiger partial charge on any atom is -0.467 e. The Kier molecular flexibility index (Phi) is 4.12. The summed E-state index contributed by atoms with van der Waals surface area (Å²) in [5.74, 6) is 0.729. The van der Waals surface area contributed by atoms with Crippen LogP contribution in [-0.4, -0.2) is 17.5 Å². The van der Waals surface area contributed by atoms with Crippen molar-refractivity contribution in [3.63, 3.8) is 0 Å². The van der Waals surface area contributed by atoms with Crippen LogP contribution in [0.25, 0.3) is 0 Å². The van der Waals surface area contributed by atoms with Gasteiger partial charge >= 0.3 is 0 Å². The van der Waals surface area contributed by atoms with Crippen LogP contribution in [0.2, 0.25) is 0 Å². The predicted octanol–water partition coefficient (Wildman–Crippen LogP) is 3.88. The van der Waals surface area contributed by atoms with Crippen LogP contribution < -0.4 is 5.43 Å². The van der Waals surface area contributed by atoms with Gasteiger partial charge in [-0.3, -0.25) is 10.2 Å². The molecule has 1 amide bonds. The molecule has 0 bridgehead atoms. The first kappa shape index (κ1) is 15.7. The zero-order valence-electron chi connectivity index (χ0n) is 14.1. The van der Waals surface area contributed by atoms with E-state index in [1.165, 1.54) is 11.1 Å². The van der Waals surface area contributed by atoms with Gasteiger partial charge in [0.15, 0.2) is 0 Å². The third-order valence-corrected chi connectivity index (χ3v) is 4.65. The summed E-state index contributed by atoms with van der Waals surface area (Å²) >= 11 is 0. The lowest BCUT2D eigenvalue weighted by atomic mass is 9.92. The second kappa shape index (κ2) is 6.57. The summed E-state index contributed by atoms with van der Waals surface area (Å²) in [4.78, 5) is 12.7. The van der Waals surface area contributed by atoms with Crippen LogP contribution >= 0.6 is 0 Å². The first-order chi connectivity index (χ1) is 12.2. The van der Waals surface area contributed by atoms with Gasteiger partial charge < -0.3 is 4.42 Å². The quantitative estimate of drug-likeness (QED) is 0.792. The molecule has 2 heterocycles. The summed E-state index contributed by atoms with van der Waals surface area (Å²) in [5, 5.41) is 1.98. The largest absolute Gasteiger partial charge is 0.467 e. The summed E-state index contributed by atoms with van der Waals surface area (Å²) in [6.07, 6.45) is 2.56. The van der Waals surface area contributed by atoms with Gasteiger partial charge in [0.1, 0.15) is 11.8 Å². The fraction of sp³-hybridized carbons (Fsp3) is 0.190. The Balaban J connectivity index is 1.64. The molecule has 3 aromatic rings. The van der Waals surface area contributed by atoms with E-state index in [2.05, 4.69) is 23.6 Å². The third kappa shape index (κ3) is 3.08. The highest BCUT2D eigenvalue weighted by atomic mass is 16.3. The number of aryl methyl sites for hydroxylation is 1. The molecule has 4 rings (SSSR count). The highest BCUT2D eigenvalue weighted by molar-refractivity contribution is 5.93. The molecule has 4 nitrogen and oxygen atoms in total. The summed E-state index contributed by atoms with van der Waals surface area (Å²) in [5.41, 5.74) is 7.33. The van der Waals surface area contributed by atoms with Crippen molar-refractivity contribution in [3.8, 4) is 0 Å². The zero-order chi connectivity index (χ0) is 17.2. The number of hydrazine groups is 1. The number of nitrogens with zero attached hydrogens (tertiary/aromatic N) is 1. The number of hydrogen-bond acceptors (Lipinski definition) is 3. The molecule has 0 spiro atoms. The van der Waals surface area contributed by atoms with E-state index in [1.54, 1.807) is 6.26 Å². The molecule has 25 heavy (non-hydrogen) atoms. The average Bonchev–Trinajstić information content (AvgIpc) is 3.16. The Morgan fingerprint density at radius 3 is 2.64 bits per heavy atom. The highest BCUT2D eigenvalue weighted by Gasteiger charge is 2.31. The zero-order valence-corrected chi connectivity index (χ0v) is 14.1. The minimum absolute atomic E-state index is 0.101. The Hall–Kier alpha value is -2.85. The molecule has 2 aromatic carbocycles. The first-order valence-electron chi connectivity index (χ1n) is 8.48. The normalized spacial score (nSPS) is 17.1. The molecule has 1 aromatic heterocycles. The molecule has 1 atom stereocenters. The molecule has 0 saturated carbocycles. The van der Waals surface area contributed by atoms with Crippen LogP contribution in [0.4, 0.5) is 0 Å². The van der Waals surface area contributed by atoms with Gasteiger partial charge in [-0.1, -0.05) is 42.0 Å². The van der Waals surface area contributed by atoms with Crippen molar-refractivity contribution in [1.29, 1.82) is 0 Å². The lowest BCUT2D eigenvalue weighted by Crippen LogP contribution is -2.48. The monoisotopic (exact) mass is 332 g/mol. The van der Waals surface area contributed by atoms with Crippen LogP contribution in [0.3, 0.4) is 0 Å². The van der Waals surface area contributed by atoms with E-state index in [1.807, 2.05) is 54.4 Å². The number of carbonyl (C=O) groups excluding carboxylic acids is 1. The lowest BCUT2D eigenvalue weighted by Gasteiger charge is -2.36. The molecule has 1 aliphatic heterocycles. The SMILES string of the molecule is Cc1ccc(C(=O)NN2CCc3ccccc3C2c2ccco2)cc1. The van der Waals surface area contributed by atoms with Gasteiger partial charge in [-0.25, -0.2) is 5.01 Å². The predicted molar refractivity (Wildman–Crippen MR) is 96.0 cm³/mol. The number of nitrogens with one attached hydrogen (secondary N) is 1. The lowest BCUT2D eigenvalue weighted by molar-refractivity contribution is 0.0683. The Morgan fingerprint density at radius 2 is 1.88 bits per heavy atom. The standard InChI is InChI=1S/C21H20N2O2/c1-15-8-10-17(11-9-15)21(24)22-23-13-12-16-5-2-3-6-18(16)20(23)19-7-4-14-25-19/h2-11,14,20H,12-13H2,1H3,(H,22,24). The van der Waals surface area contributed by atoms with Crippen LogP contribution in [0.15, 0.2) is 71.3 Å². The molecular formula is C21H20N2O2. The van der Waals surface area contributed by atoms with Crippen LogP contribution in [-0.2, 0) is 6.42 Å². The van der Waals surface area contributed by atoms with E-state index >= 15 is 0 Å². The summed E-state index contributed by atoms with van der Waals surface area (Å²) in [7, 11) is 0. The van der Waals surface area contributed by atoms with Crippen molar-refractivity contribution in [2.24, 2.45) is 0 Å². The van der Waals surface area contributed by atoms with Gasteiger partial charge in [0, 0.05) is 12.1 Å². The van der Waals surface area contributed by atoms with E-state index in [0.29, 0.717) is 5.56 Å². The maximum Gasteiger partial charge on any atom is 0.265 e. The number of benzene rings is 2. The molecule has 0 saturated heterocycles. The second-order valence-corrected chi connectivity index (χ2v) is 6.37. The summed E-state index contributed by atoms with van der Waals surface area (Å²) < 4.78 is 5.67. The second-order valence-electron chi connectivity index (χ2n) is 6.37. The molecule has 1 unspecified atom stereocenters. The van der Waals surface area contributed by atoms with Crippen molar-refractivity contribution in [1.82, 2.24) is 10.4 Å². The van der Waals surface area contributed by atoms with Gasteiger partial charge in [-0.2, -0.15) is 0 Å². The fourth-order valence-electron chi connectivity index (χ4n) is 3.34. The van der Waals surface area contributed by atoms with Gasteiger partial charge in [-0.05, 0) is 48.7 Å². The van der Waals surface area contributed by atoms with Crippen LogP contribution in [0.5, 0.6) is 0 Å². The van der Waals surface area contributed by atoms with Gasteiger partial charge in [-0.15, -0.1) is 0 Å². The van der Waals surface area contributed by atoms with E-state index in [9.17, 15) is 4.79 Å². The molecule has 1 N–H and O–H groups in total. The van der Waals surface area contributed by atoms with Crippen molar-refractivity contribution < 1.29 is 9.21 Å². The number of furan rings is 1. The van der Waals surface area contributed by atoms with E-state index in [4.69, 9.17) is 4.42 Å². The Bertz CT molecular complexity index is 869. The summed E-state index contributed by atoms with van der Waals surface area (Å²) in [6.45, 7) is 2.75. The first-order valence-corrected chi connectivity index (χ1v) is 8.48. The van der Waals surface area contributed by atoms with Crippen LogP contribution in [0.1, 0.15) is 38.9 Å². The molecule has 0 fully saturated rings. The molecule has 0 aliphatic carbocycles. The molecule has 4 heteroatoms. The van der Waals surface area contributed by atoms with Crippen molar-refractivity contribution in [2.75, 3.05) is 6.54 Å². The van der Waals surface area contributed by atoms with Crippen molar-refractivity contribution in [2.45, 2.75) is 19.4 Å². The molecular weight excluding hydrogens is 312 g/mol. The van der Waals surface area contributed by atoms with E-state index in [0.717, 1.165) is 24.3 Å². The summed E-state index contributed by atoms with van der Waals surface area (Å²) in [6, 6.07) is 19.7. The molecule has 126 valence electrons. The number of rotatable bonds is 3. The highest BCUT2D eigenvalue weighted by Crippen LogP contribution is 2.34. The maximum atomic E-state index is 12.7. The number of hydrogen-bond donors (Lipinski definition) is 1. The number of amides is 1. The Morgan fingerprint density at radius 1 is 1.08 bits per heavy atom. The molecule has 0 radical (unpaired) electrons. The smallest absolute Gasteiger partial charge is 0.265 e. The van der Waals surface area contributed by atoms with Gasteiger partial charge in [0.25, 0.3) is 5.91 Å². The Labute approximate surface area is 147 Å². The van der Waals surface area contributed by atoms with Gasteiger partial charge in [0.2, 0.25) is 0 Å². The number of carbonyl (C=O) groups is 1. The minimum atomic E-state index is -0.116. The number of fused-ring (bicyclic) bond motifs is 1. The van der Waals surface area contributed by atoms with Gasteiger partial charge in [0.05, 0.1) is 6.26 Å². The molecule has 1 aliphatic rings. The fourth-order valence-corrected chi connectivity index (χ4v) is 3.34. The van der Waals surface area contributed by atoms with Crippen LogP contribution in [0, 0.1) is 6.92 Å². The maximum absolute atomic E-state index is 12.7. The van der Waals surface area contributed by atoms with Crippen molar-refractivity contribution >= 4 is 5.91 Å². The van der Waals surface area contributed by atoms with E-state index < -0.39 is 0 Å². The average molecular weight is 332 g/mol.